The standard InChI is InChI=1S/C13H18N2O5S/c1-13(2,3)15-11(16)8-14-21(19,20)10-6-4-5-9(7-10)12(17)18/h4-7,14H,8H2,1-3H3,(H,15,16)(H,17,18). The van der Waals surface area contributed by atoms with Crippen LogP contribution in [-0.4, -0.2) is 37.5 Å². The predicted molar refractivity (Wildman–Crippen MR) is 76.5 cm³/mol. The van der Waals surface area contributed by atoms with Gasteiger partial charge in [-0.3, -0.25) is 4.79 Å². The second kappa shape index (κ2) is 6.23. The highest BCUT2D eigenvalue weighted by Crippen LogP contribution is 2.11. The molecule has 1 aromatic carbocycles. The van der Waals surface area contributed by atoms with E-state index in [1.54, 1.807) is 20.8 Å². The summed E-state index contributed by atoms with van der Waals surface area (Å²) in [6, 6.07) is 4.91. The summed E-state index contributed by atoms with van der Waals surface area (Å²) in [6.45, 7) is 4.90. The van der Waals surface area contributed by atoms with E-state index in [0.717, 1.165) is 6.07 Å². The van der Waals surface area contributed by atoms with Crippen LogP contribution < -0.4 is 10.0 Å². The highest BCUT2D eigenvalue weighted by atomic mass is 32.2. The molecule has 0 aromatic heterocycles. The number of carboxylic acid groups (broad SMARTS) is 1. The van der Waals surface area contributed by atoms with Gasteiger partial charge in [0, 0.05) is 5.54 Å². The molecule has 116 valence electrons. The molecule has 0 unspecified atom stereocenters. The number of benzene rings is 1. The monoisotopic (exact) mass is 314 g/mol. The van der Waals surface area contributed by atoms with Crippen molar-refractivity contribution in [3.63, 3.8) is 0 Å². The van der Waals surface area contributed by atoms with Crippen molar-refractivity contribution in [2.75, 3.05) is 6.54 Å². The SMILES string of the molecule is CC(C)(C)NC(=O)CNS(=O)(=O)c1cccc(C(=O)O)c1. The first kappa shape index (κ1) is 17.1. The molecule has 0 aliphatic rings. The lowest BCUT2D eigenvalue weighted by Crippen LogP contribution is -2.45. The van der Waals surface area contributed by atoms with Gasteiger partial charge >= 0.3 is 5.97 Å². The molecule has 3 N–H and O–H groups in total. The normalized spacial score (nSPS) is 12.0. The van der Waals surface area contributed by atoms with E-state index in [9.17, 15) is 18.0 Å². The molecule has 0 atom stereocenters. The molecule has 21 heavy (non-hydrogen) atoms. The van der Waals surface area contributed by atoms with Gasteiger partial charge in [-0.05, 0) is 39.0 Å². The van der Waals surface area contributed by atoms with Crippen LogP contribution in [0.25, 0.3) is 0 Å². The van der Waals surface area contributed by atoms with Crippen molar-refractivity contribution in [3.05, 3.63) is 29.8 Å². The minimum Gasteiger partial charge on any atom is -0.478 e. The van der Waals surface area contributed by atoms with Crippen molar-refractivity contribution < 1.29 is 23.1 Å². The number of nitrogens with one attached hydrogen (secondary N) is 2. The molecule has 0 fully saturated rings. The van der Waals surface area contributed by atoms with Crippen LogP contribution in [0.15, 0.2) is 29.2 Å². The van der Waals surface area contributed by atoms with Gasteiger partial charge in [-0.25, -0.2) is 17.9 Å². The average molecular weight is 314 g/mol. The van der Waals surface area contributed by atoms with Gasteiger partial charge < -0.3 is 10.4 Å². The molecule has 0 bridgehead atoms. The van der Waals surface area contributed by atoms with Crippen LogP contribution in [0.3, 0.4) is 0 Å². The largest absolute Gasteiger partial charge is 0.478 e. The number of sulfonamides is 1. The van der Waals surface area contributed by atoms with E-state index in [0.29, 0.717) is 0 Å². The topological polar surface area (TPSA) is 113 Å². The zero-order valence-corrected chi connectivity index (χ0v) is 12.8. The fraction of sp³-hybridized carbons (Fsp3) is 0.385. The summed E-state index contributed by atoms with van der Waals surface area (Å²) in [5, 5.41) is 11.5. The molecule has 8 heteroatoms. The van der Waals surface area contributed by atoms with E-state index in [-0.39, 0.29) is 10.5 Å². The number of hydrogen-bond acceptors (Lipinski definition) is 4. The first-order chi connectivity index (χ1) is 9.51. The van der Waals surface area contributed by atoms with Crippen molar-refractivity contribution in [2.45, 2.75) is 31.2 Å². The van der Waals surface area contributed by atoms with E-state index >= 15 is 0 Å². The molecule has 0 saturated heterocycles. The Kier molecular flexibility index (Phi) is 5.08. The van der Waals surface area contributed by atoms with Gasteiger partial charge in [-0.15, -0.1) is 0 Å². The molecule has 0 aliphatic heterocycles. The van der Waals surface area contributed by atoms with Gasteiger partial charge in [0.1, 0.15) is 0 Å². The Morgan fingerprint density at radius 1 is 1.24 bits per heavy atom. The van der Waals surface area contributed by atoms with Crippen LogP contribution in [0.2, 0.25) is 0 Å². The highest BCUT2D eigenvalue weighted by molar-refractivity contribution is 7.89. The zero-order chi connectivity index (χ0) is 16.3. The van der Waals surface area contributed by atoms with Crippen LogP contribution in [-0.2, 0) is 14.8 Å². The van der Waals surface area contributed by atoms with Gasteiger partial charge in [0.05, 0.1) is 17.0 Å². The Balaban J connectivity index is 2.81. The predicted octanol–water partition coefficient (Wildman–Crippen LogP) is 0.578. The number of aromatic carboxylic acids is 1. The quantitative estimate of drug-likeness (QED) is 0.736. The number of rotatable bonds is 5. The molecule has 1 rings (SSSR count). The number of carboxylic acids is 1. The van der Waals surface area contributed by atoms with Gasteiger partial charge in [0.25, 0.3) is 0 Å². The van der Waals surface area contributed by atoms with E-state index < -0.39 is 34.0 Å². The first-order valence-corrected chi connectivity index (χ1v) is 7.64. The number of amides is 1. The van der Waals surface area contributed by atoms with Gasteiger partial charge in [0.15, 0.2) is 0 Å². The average Bonchev–Trinajstić information content (AvgIpc) is 2.35. The minimum atomic E-state index is -3.94. The summed E-state index contributed by atoms with van der Waals surface area (Å²) in [5.41, 5.74) is -0.608. The minimum absolute atomic E-state index is 0.142. The van der Waals surface area contributed by atoms with Gasteiger partial charge in [-0.2, -0.15) is 0 Å². The lowest BCUT2D eigenvalue weighted by molar-refractivity contribution is -0.121. The summed E-state index contributed by atoms with van der Waals surface area (Å²) in [7, 11) is -3.94. The van der Waals surface area contributed by atoms with Crippen molar-refractivity contribution in [3.8, 4) is 0 Å². The summed E-state index contributed by atoms with van der Waals surface area (Å²) >= 11 is 0. The third kappa shape index (κ3) is 5.52. The Bertz CT molecular complexity index is 647. The Morgan fingerprint density at radius 3 is 2.38 bits per heavy atom. The van der Waals surface area contributed by atoms with Crippen LogP contribution >= 0.6 is 0 Å². The summed E-state index contributed by atoms with van der Waals surface area (Å²) in [6.07, 6.45) is 0. The maximum absolute atomic E-state index is 12.0. The smallest absolute Gasteiger partial charge is 0.335 e. The van der Waals surface area contributed by atoms with E-state index in [1.807, 2.05) is 0 Å². The molecule has 0 saturated carbocycles. The summed E-state index contributed by atoms with van der Waals surface area (Å²) < 4.78 is 26.1. The molecular weight excluding hydrogens is 296 g/mol. The molecule has 1 amide bonds. The molecule has 7 nitrogen and oxygen atoms in total. The Hall–Kier alpha value is -1.93. The van der Waals surface area contributed by atoms with Crippen molar-refractivity contribution in [1.82, 2.24) is 10.0 Å². The van der Waals surface area contributed by atoms with Gasteiger partial charge in [-0.1, -0.05) is 6.07 Å². The fourth-order valence-electron chi connectivity index (χ4n) is 1.50. The van der Waals surface area contributed by atoms with E-state index in [1.165, 1.54) is 18.2 Å². The third-order valence-electron chi connectivity index (χ3n) is 2.33. The van der Waals surface area contributed by atoms with Crippen LogP contribution in [0.4, 0.5) is 0 Å². The molecule has 0 aliphatic carbocycles. The molecular formula is C13H18N2O5S. The molecule has 0 heterocycles. The van der Waals surface area contributed by atoms with E-state index in [4.69, 9.17) is 5.11 Å². The van der Waals surface area contributed by atoms with Crippen molar-refractivity contribution in [2.24, 2.45) is 0 Å². The maximum atomic E-state index is 12.0. The first-order valence-electron chi connectivity index (χ1n) is 6.15. The van der Waals surface area contributed by atoms with Crippen molar-refractivity contribution in [1.29, 1.82) is 0 Å². The third-order valence-corrected chi connectivity index (χ3v) is 3.73. The summed E-state index contributed by atoms with van der Waals surface area (Å²) in [5.74, 6) is -1.70. The van der Waals surface area contributed by atoms with Gasteiger partial charge in [0.2, 0.25) is 15.9 Å². The Morgan fingerprint density at radius 2 is 1.86 bits per heavy atom. The molecule has 0 spiro atoms. The van der Waals surface area contributed by atoms with E-state index in [2.05, 4.69) is 10.0 Å². The molecule has 1 aromatic rings. The highest BCUT2D eigenvalue weighted by Gasteiger charge is 2.19. The van der Waals surface area contributed by atoms with Crippen LogP contribution in [0, 0.1) is 0 Å². The zero-order valence-electron chi connectivity index (χ0n) is 12.0. The van der Waals surface area contributed by atoms with Crippen LogP contribution in [0.5, 0.6) is 0 Å². The second-order valence-corrected chi connectivity index (χ2v) is 7.22. The lowest BCUT2D eigenvalue weighted by atomic mass is 10.1. The van der Waals surface area contributed by atoms with Crippen LogP contribution in [0.1, 0.15) is 31.1 Å². The number of carbonyl (C=O) groups is 2. The fourth-order valence-corrected chi connectivity index (χ4v) is 2.53. The Labute approximate surface area is 123 Å². The second-order valence-electron chi connectivity index (χ2n) is 5.46. The maximum Gasteiger partial charge on any atom is 0.335 e. The number of carbonyl (C=O) groups excluding carboxylic acids is 1. The summed E-state index contributed by atoms with van der Waals surface area (Å²) in [4.78, 5) is 22.2. The number of hydrogen-bond donors (Lipinski definition) is 3. The lowest BCUT2D eigenvalue weighted by Gasteiger charge is -2.20. The van der Waals surface area contributed by atoms with Crippen molar-refractivity contribution >= 4 is 21.9 Å². The molecule has 0 radical (unpaired) electrons.